The van der Waals surface area contributed by atoms with Gasteiger partial charge in [-0.3, -0.25) is 0 Å². The molecule has 0 bridgehead atoms. The van der Waals surface area contributed by atoms with Gasteiger partial charge >= 0.3 is 0 Å². The van der Waals surface area contributed by atoms with E-state index in [9.17, 15) is 0 Å². The van der Waals surface area contributed by atoms with Crippen LogP contribution >= 0.6 is 11.3 Å². The van der Waals surface area contributed by atoms with Crippen LogP contribution in [-0.4, -0.2) is 29.9 Å². The normalized spacial score (nSPS) is 11.4. The maximum absolute atomic E-state index is 5.17. The van der Waals surface area contributed by atoms with Crippen LogP contribution in [0.1, 0.15) is 0 Å². The maximum atomic E-state index is 5.17. The summed E-state index contributed by atoms with van der Waals surface area (Å²) in [5.74, 6) is 1.82. The standard InChI is InChI=1S/C40H24N6S/c1-3-12-25(13-4-1)38-44-39(26-14-5-2-6-15-26)46-40(45-38)28-17-11-16-27(24-28)35-37(42-31-20-9-8-19-30(31)41-35)32-22-23-34-36(43-32)29-18-7-10-21-33(29)47-34/h1-24H. The van der Waals surface area contributed by atoms with Crippen LogP contribution in [0.5, 0.6) is 0 Å². The largest absolute Gasteiger partial charge is 0.245 e. The van der Waals surface area contributed by atoms with Crippen molar-refractivity contribution in [2.75, 3.05) is 0 Å². The lowest BCUT2D eigenvalue weighted by molar-refractivity contribution is 1.07. The second kappa shape index (κ2) is 11.3. The fraction of sp³-hybridized carbons (Fsp3) is 0. The van der Waals surface area contributed by atoms with Crippen molar-refractivity contribution in [1.82, 2.24) is 29.9 Å². The van der Waals surface area contributed by atoms with E-state index >= 15 is 0 Å². The molecule has 0 unspecified atom stereocenters. The molecule has 0 aliphatic heterocycles. The SMILES string of the molecule is c1ccc(-c2nc(-c3ccccc3)nc(-c3cccc(-c4nc5ccccc5nc4-c4ccc5sc6ccccc6c5n4)c3)n2)cc1. The molecule has 0 fully saturated rings. The Bertz CT molecular complexity index is 2520. The Morgan fingerprint density at radius 1 is 0.362 bits per heavy atom. The highest BCUT2D eigenvalue weighted by atomic mass is 32.1. The highest BCUT2D eigenvalue weighted by Gasteiger charge is 2.18. The molecule has 6 nitrogen and oxygen atoms in total. The van der Waals surface area contributed by atoms with E-state index in [0.29, 0.717) is 17.5 Å². The molecule has 0 saturated carbocycles. The maximum Gasteiger partial charge on any atom is 0.164 e. The topological polar surface area (TPSA) is 77.3 Å². The van der Waals surface area contributed by atoms with Gasteiger partial charge in [-0.2, -0.15) is 0 Å². The number of para-hydroxylation sites is 2. The number of nitrogens with zero attached hydrogens (tertiary/aromatic N) is 6. The van der Waals surface area contributed by atoms with Crippen LogP contribution in [0.25, 0.3) is 88.1 Å². The molecule has 0 amide bonds. The van der Waals surface area contributed by atoms with Crippen molar-refractivity contribution in [3.8, 4) is 56.8 Å². The molecule has 220 valence electrons. The second-order valence-electron chi connectivity index (χ2n) is 11.2. The minimum absolute atomic E-state index is 0.583. The minimum Gasteiger partial charge on any atom is -0.245 e. The van der Waals surface area contributed by atoms with Crippen molar-refractivity contribution in [1.29, 1.82) is 0 Å². The van der Waals surface area contributed by atoms with Gasteiger partial charge in [0.2, 0.25) is 0 Å². The van der Waals surface area contributed by atoms with E-state index in [1.807, 2.05) is 103 Å². The van der Waals surface area contributed by atoms with Crippen molar-refractivity contribution in [2.24, 2.45) is 0 Å². The molecule has 0 N–H and O–H groups in total. The van der Waals surface area contributed by atoms with Crippen LogP contribution < -0.4 is 0 Å². The Morgan fingerprint density at radius 2 is 0.915 bits per heavy atom. The molecule has 0 spiro atoms. The molecular weight excluding hydrogens is 597 g/mol. The molecule has 47 heavy (non-hydrogen) atoms. The molecule has 9 aromatic rings. The summed E-state index contributed by atoms with van der Waals surface area (Å²) in [5, 5.41) is 1.14. The van der Waals surface area contributed by atoms with Gasteiger partial charge in [0.15, 0.2) is 17.5 Å². The quantitative estimate of drug-likeness (QED) is 0.191. The Hall–Kier alpha value is -6.18. The summed E-state index contributed by atoms with van der Waals surface area (Å²) in [7, 11) is 0. The number of fused-ring (bicyclic) bond motifs is 4. The van der Waals surface area contributed by atoms with Crippen LogP contribution in [0.2, 0.25) is 0 Å². The fourth-order valence-corrected chi connectivity index (χ4v) is 6.89. The zero-order chi connectivity index (χ0) is 31.2. The Balaban J connectivity index is 1.23. The van der Waals surface area contributed by atoms with Gasteiger partial charge in [-0.25, -0.2) is 29.9 Å². The van der Waals surface area contributed by atoms with E-state index in [4.69, 9.17) is 29.9 Å². The van der Waals surface area contributed by atoms with Gasteiger partial charge in [0.1, 0.15) is 5.69 Å². The van der Waals surface area contributed by atoms with Gasteiger partial charge in [-0.1, -0.05) is 109 Å². The molecular formula is C40H24N6S. The Kier molecular flexibility index (Phi) is 6.54. The third kappa shape index (κ3) is 4.99. The van der Waals surface area contributed by atoms with Crippen LogP contribution in [0.15, 0.2) is 146 Å². The molecule has 0 atom stereocenters. The summed E-state index contributed by atoms with van der Waals surface area (Å²) < 4.78 is 2.36. The fourth-order valence-electron chi connectivity index (χ4n) is 5.85. The first-order chi connectivity index (χ1) is 23.3. The average Bonchev–Trinajstić information content (AvgIpc) is 3.53. The highest BCUT2D eigenvalue weighted by Crippen LogP contribution is 2.37. The van der Waals surface area contributed by atoms with Crippen molar-refractivity contribution >= 4 is 42.7 Å². The van der Waals surface area contributed by atoms with Gasteiger partial charge in [-0.15, -0.1) is 11.3 Å². The average molecular weight is 621 g/mol. The molecule has 0 radical (unpaired) electrons. The number of aromatic nitrogens is 6. The van der Waals surface area contributed by atoms with E-state index < -0.39 is 0 Å². The van der Waals surface area contributed by atoms with Gasteiger partial charge in [0.25, 0.3) is 0 Å². The van der Waals surface area contributed by atoms with Gasteiger partial charge < -0.3 is 0 Å². The van der Waals surface area contributed by atoms with E-state index in [0.717, 1.165) is 66.0 Å². The first-order valence-corrected chi connectivity index (χ1v) is 16.1. The third-order valence-corrected chi connectivity index (χ3v) is 9.25. The lowest BCUT2D eigenvalue weighted by Crippen LogP contribution is -2.01. The first-order valence-electron chi connectivity index (χ1n) is 15.3. The summed E-state index contributed by atoms with van der Waals surface area (Å²) in [6.45, 7) is 0. The van der Waals surface area contributed by atoms with E-state index in [-0.39, 0.29) is 0 Å². The molecule has 7 heteroatoms. The molecule has 9 rings (SSSR count). The van der Waals surface area contributed by atoms with Crippen molar-refractivity contribution in [3.05, 3.63) is 146 Å². The molecule has 0 aliphatic rings. The zero-order valence-corrected chi connectivity index (χ0v) is 25.8. The lowest BCUT2D eigenvalue weighted by atomic mass is 10.0. The van der Waals surface area contributed by atoms with Crippen molar-refractivity contribution in [3.63, 3.8) is 0 Å². The Morgan fingerprint density at radius 3 is 1.62 bits per heavy atom. The number of pyridine rings is 1. The predicted molar refractivity (Wildman–Crippen MR) is 191 cm³/mol. The zero-order valence-electron chi connectivity index (χ0n) is 24.9. The second-order valence-corrected chi connectivity index (χ2v) is 12.3. The predicted octanol–water partition coefficient (Wildman–Crippen LogP) is 9.91. The molecule has 5 aromatic carbocycles. The van der Waals surface area contributed by atoms with E-state index in [1.54, 1.807) is 11.3 Å². The third-order valence-electron chi connectivity index (χ3n) is 8.13. The monoisotopic (exact) mass is 620 g/mol. The minimum atomic E-state index is 0.583. The summed E-state index contributed by atoms with van der Waals surface area (Å²) in [5.41, 5.74) is 8.46. The highest BCUT2D eigenvalue weighted by molar-refractivity contribution is 7.25. The van der Waals surface area contributed by atoms with Gasteiger partial charge in [-0.05, 0) is 36.4 Å². The van der Waals surface area contributed by atoms with Crippen LogP contribution in [0, 0.1) is 0 Å². The summed E-state index contributed by atoms with van der Waals surface area (Å²) in [6.07, 6.45) is 0. The van der Waals surface area contributed by atoms with Crippen LogP contribution in [0.3, 0.4) is 0 Å². The smallest absolute Gasteiger partial charge is 0.164 e. The van der Waals surface area contributed by atoms with Gasteiger partial charge in [0, 0.05) is 32.3 Å². The Labute approximate surface area is 274 Å². The molecule has 0 saturated heterocycles. The van der Waals surface area contributed by atoms with Crippen LogP contribution in [0.4, 0.5) is 0 Å². The number of thiophene rings is 1. The van der Waals surface area contributed by atoms with Gasteiger partial charge in [0.05, 0.1) is 32.6 Å². The summed E-state index contributed by atoms with van der Waals surface area (Å²) >= 11 is 1.75. The number of rotatable bonds is 5. The molecule has 0 aliphatic carbocycles. The number of hydrogen-bond donors (Lipinski definition) is 0. The summed E-state index contributed by atoms with van der Waals surface area (Å²) in [4.78, 5) is 30.2. The number of hydrogen-bond acceptors (Lipinski definition) is 7. The van der Waals surface area contributed by atoms with E-state index in [2.05, 4.69) is 42.5 Å². The van der Waals surface area contributed by atoms with Crippen LogP contribution in [-0.2, 0) is 0 Å². The molecule has 4 aromatic heterocycles. The molecule has 4 heterocycles. The van der Waals surface area contributed by atoms with E-state index in [1.165, 1.54) is 4.70 Å². The summed E-state index contributed by atoms with van der Waals surface area (Å²) in [6, 6.07) is 48.7. The first kappa shape index (κ1) is 27.2. The van der Waals surface area contributed by atoms with Crippen molar-refractivity contribution < 1.29 is 0 Å². The lowest BCUT2D eigenvalue weighted by Gasteiger charge is -2.12. The van der Waals surface area contributed by atoms with Crippen molar-refractivity contribution in [2.45, 2.75) is 0 Å². The number of benzene rings is 5.